The van der Waals surface area contributed by atoms with E-state index in [2.05, 4.69) is 0 Å². The number of carbonyl (C=O) groups is 4. The summed E-state index contributed by atoms with van der Waals surface area (Å²) < 4.78 is 0. The Morgan fingerprint density at radius 2 is 1.55 bits per heavy atom. The highest BCUT2D eigenvalue weighted by Gasteiger charge is 2.59. The molecule has 0 amide bonds. The Labute approximate surface area is 120 Å². The highest BCUT2D eigenvalue weighted by Crippen LogP contribution is 2.44. The second-order valence-electron chi connectivity index (χ2n) is 3.72. The van der Waals surface area contributed by atoms with Crippen LogP contribution in [-0.4, -0.2) is 49.2 Å². The molecule has 0 aromatic rings. The van der Waals surface area contributed by atoms with E-state index in [4.69, 9.17) is 43.6 Å². The van der Waals surface area contributed by atoms with Crippen LogP contribution in [0.25, 0.3) is 0 Å². The SMILES string of the molecule is O=C(O)C1=CC(Cl)=C(C(=O)O)C(C(=O)O)C1(Cl)C(=O)O. The zero-order chi connectivity index (χ0) is 15.8. The molecule has 1 aliphatic rings. The average molecular weight is 325 g/mol. The van der Waals surface area contributed by atoms with Crippen molar-refractivity contribution >= 4 is 47.1 Å². The van der Waals surface area contributed by atoms with Crippen molar-refractivity contribution in [3.8, 4) is 0 Å². The maximum Gasteiger partial charge on any atom is 0.334 e. The van der Waals surface area contributed by atoms with Crippen molar-refractivity contribution in [3.05, 3.63) is 22.3 Å². The van der Waals surface area contributed by atoms with E-state index in [1.165, 1.54) is 0 Å². The van der Waals surface area contributed by atoms with E-state index in [0.29, 0.717) is 6.08 Å². The van der Waals surface area contributed by atoms with Gasteiger partial charge in [-0.2, -0.15) is 0 Å². The molecule has 1 aliphatic carbocycles. The van der Waals surface area contributed by atoms with Gasteiger partial charge in [-0.05, 0) is 6.08 Å². The molecule has 0 aliphatic heterocycles. The second-order valence-corrected chi connectivity index (χ2v) is 4.72. The zero-order valence-corrected chi connectivity index (χ0v) is 10.8. The van der Waals surface area contributed by atoms with Gasteiger partial charge in [-0.3, -0.25) is 4.79 Å². The summed E-state index contributed by atoms with van der Waals surface area (Å²) in [6.07, 6.45) is 0.522. The molecule has 8 nitrogen and oxygen atoms in total. The van der Waals surface area contributed by atoms with Crippen molar-refractivity contribution < 1.29 is 39.6 Å². The lowest BCUT2D eigenvalue weighted by molar-refractivity contribution is -0.152. The van der Waals surface area contributed by atoms with E-state index in [1.54, 1.807) is 0 Å². The standard InChI is InChI=1S/C10H6Cl2O8/c11-3-1-2(6(13)14)10(12,9(19)20)5(8(17)18)4(3)7(15)16/h1,5H,(H,13,14)(H,15,16)(H,17,18)(H,19,20). The van der Waals surface area contributed by atoms with Crippen LogP contribution in [0.15, 0.2) is 22.3 Å². The van der Waals surface area contributed by atoms with Gasteiger partial charge in [-0.1, -0.05) is 23.2 Å². The minimum Gasteiger partial charge on any atom is -0.481 e. The molecule has 4 N–H and O–H groups in total. The van der Waals surface area contributed by atoms with Gasteiger partial charge in [-0.25, -0.2) is 14.4 Å². The van der Waals surface area contributed by atoms with Gasteiger partial charge in [0.2, 0.25) is 0 Å². The molecule has 0 spiro atoms. The Hall–Kier alpha value is -2.06. The monoisotopic (exact) mass is 324 g/mol. The quantitative estimate of drug-likeness (QED) is 0.541. The lowest BCUT2D eigenvalue weighted by Gasteiger charge is -2.32. The van der Waals surface area contributed by atoms with Gasteiger partial charge in [0, 0.05) is 0 Å². The van der Waals surface area contributed by atoms with Crippen molar-refractivity contribution in [1.29, 1.82) is 0 Å². The van der Waals surface area contributed by atoms with Crippen LogP contribution in [0.5, 0.6) is 0 Å². The fourth-order valence-electron chi connectivity index (χ4n) is 1.78. The van der Waals surface area contributed by atoms with E-state index in [9.17, 15) is 19.2 Å². The maximum atomic E-state index is 11.2. The first-order chi connectivity index (χ1) is 9.05. The molecule has 2 unspecified atom stereocenters. The van der Waals surface area contributed by atoms with Crippen molar-refractivity contribution in [2.24, 2.45) is 5.92 Å². The number of allylic oxidation sites excluding steroid dienone is 2. The first-order valence-electron chi connectivity index (χ1n) is 4.78. The van der Waals surface area contributed by atoms with Crippen LogP contribution in [0.2, 0.25) is 0 Å². The minimum absolute atomic E-state index is 0.522. The smallest absolute Gasteiger partial charge is 0.334 e. The predicted octanol–water partition coefficient (Wildman–Crippen LogP) is 0.351. The molecule has 0 heterocycles. The highest BCUT2D eigenvalue weighted by atomic mass is 35.5. The highest BCUT2D eigenvalue weighted by molar-refractivity contribution is 6.43. The Morgan fingerprint density at radius 3 is 1.85 bits per heavy atom. The van der Waals surface area contributed by atoms with Crippen molar-refractivity contribution in [2.45, 2.75) is 4.87 Å². The summed E-state index contributed by atoms with van der Waals surface area (Å²) in [5.41, 5.74) is -2.03. The van der Waals surface area contributed by atoms with Gasteiger partial charge in [-0.15, -0.1) is 0 Å². The normalized spacial score (nSPS) is 25.9. The number of hydrogen-bond donors (Lipinski definition) is 4. The number of rotatable bonds is 4. The topological polar surface area (TPSA) is 149 Å². The van der Waals surface area contributed by atoms with Gasteiger partial charge < -0.3 is 20.4 Å². The molecule has 1 rings (SSSR count). The Balaban J connectivity index is 3.77. The lowest BCUT2D eigenvalue weighted by atomic mass is 9.76. The molecule has 0 aromatic carbocycles. The van der Waals surface area contributed by atoms with Crippen molar-refractivity contribution in [1.82, 2.24) is 0 Å². The van der Waals surface area contributed by atoms with Crippen LogP contribution in [0.4, 0.5) is 0 Å². The van der Waals surface area contributed by atoms with Crippen LogP contribution in [0.3, 0.4) is 0 Å². The summed E-state index contributed by atoms with van der Waals surface area (Å²) in [5, 5.41) is 35.3. The molecule has 0 bridgehead atoms. The summed E-state index contributed by atoms with van der Waals surface area (Å²) in [7, 11) is 0. The van der Waals surface area contributed by atoms with E-state index in [0.717, 1.165) is 0 Å². The average Bonchev–Trinajstić information content (AvgIpc) is 2.29. The van der Waals surface area contributed by atoms with Crippen LogP contribution < -0.4 is 0 Å². The number of aliphatic carboxylic acids is 4. The molecule has 10 heteroatoms. The minimum atomic E-state index is -2.98. The molecule has 0 radical (unpaired) electrons. The van der Waals surface area contributed by atoms with Crippen LogP contribution in [0, 0.1) is 5.92 Å². The molecular weight excluding hydrogens is 319 g/mol. The molecule has 0 saturated heterocycles. The van der Waals surface area contributed by atoms with E-state index in [-0.39, 0.29) is 0 Å². The third-order valence-corrected chi connectivity index (χ3v) is 3.52. The second kappa shape index (κ2) is 5.14. The largest absolute Gasteiger partial charge is 0.481 e. The van der Waals surface area contributed by atoms with Gasteiger partial charge in [0.1, 0.15) is 5.92 Å². The van der Waals surface area contributed by atoms with Crippen LogP contribution in [-0.2, 0) is 19.2 Å². The fourth-order valence-corrected chi connectivity index (χ4v) is 2.41. The third kappa shape index (κ3) is 2.23. The summed E-state index contributed by atoms with van der Waals surface area (Å²) in [4.78, 5) is 41.5. The Bertz CT molecular complexity index is 590. The van der Waals surface area contributed by atoms with Gasteiger partial charge in [0.05, 0.1) is 16.2 Å². The molecule has 108 valence electrons. The molecule has 0 saturated carbocycles. The van der Waals surface area contributed by atoms with Crippen LogP contribution in [0.1, 0.15) is 0 Å². The Morgan fingerprint density at radius 1 is 1.05 bits per heavy atom. The van der Waals surface area contributed by atoms with E-state index < -0.39 is 50.8 Å². The summed E-state index contributed by atoms with van der Waals surface area (Å²) in [5.74, 6) is -9.93. The van der Waals surface area contributed by atoms with Gasteiger partial charge in [0.25, 0.3) is 0 Å². The number of carboxylic acid groups (broad SMARTS) is 4. The zero-order valence-electron chi connectivity index (χ0n) is 9.33. The number of hydrogen-bond acceptors (Lipinski definition) is 4. The van der Waals surface area contributed by atoms with Crippen molar-refractivity contribution in [3.63, 3.8) is 0 Å². The molecular formula is C10H6Cl2O8. The summed E-state index contributed by atoms with van der Waals surface area (Å²) in [6.45, 7) is 0. The van der Waals surface area contributed by atoms with Crippen molar-refractivity contribution in [2.75, 3.05) is 0 Å². The molecule has 0 aromatic heterocycles. The van der Waals surface area contributed by atoms with Gasteiger partial charge >= 0.3 is 23.9 Å². The number of carboxylic acids is 4. The first kappa shape index (κ1) is 16.0. The van der Waals surface area contributed by atoms with Gasteiger partial charge in [0.15, 0.2) is 4.87 Å². The molecule has 0 fully saturated rings. The van der Waals surface area contributed by atoms with E-state index >= 15 is 0 Å². The summed E-state index contributed by atoms with van der Waals surface area (Å²) >= 11 is 11.2. The number of halogens is 2. The predicted molar refractivity (Wildman–Crippen MR) is 63.6 cm³/mol. The lowest BCUT2D eigenvalue weighted by Crippen LogP contribution is -2.51. The maximum absolute atomic E-state index is 11.2. The first-order valence-corrected chi connectivity index (χ1v) is 5.54. The van der Waals surface area contributed by atoms with Crippen LogP contribution >= 0.6 is 23.2 Å². The fraction of sp³-hybridized carbons (Fsp3) is 0.200. The molecule has 2 atom stereocenters. The third-order valence-electron chi connectivity index (χ3n) is 2.63. The molecule has 20 heavy (non-hydrogen) atoms. The summed E-state index contributed by atoms with van der Waals surface area (Å²) in [6, 6.07) is 0. The Kier molecular flexibility index (Phi) is 4.11. The van der Waals surface area contributed by atoms with E-state index in [1.807, 2.05) is 0 Å². The number of alkyl halides is 1.